The van der Waals surface area contributed by atoms with E-state index in [2.05, 4.69) is 14.9 Å². The fourth-order valence-electron chi connectivity index (χ4n) is 2.96. The summed E-state index contributed by atoms with van der Waals surface area (Å²) in [6.07, 6.45) is 0. The first-order valence-corrected chi connectivity index (χ1v) is 7.94. The molecule has 2 aromatic carbocycles. The van der Waals surface area contributed by atoms with Crippen molar-refractivity contribution in [3.63, 3.8) is 0 Å². The largest absolute Gasteiger partial charge is 0.562 e. The first kappa shape index (κ1) is 17.7. The zero-order chi connectivity index (χ0) is 18.8. The smallest absolute Gasteiger partial charge is 0.508 e. The molecule has 7 nitrogen and oxygen atoms in total. The molecular formula is C18H18BN3O4. The number of nitrogen functional groups attached to an aromatic ring is 1. The van der Waals surface area contributed by atoms with Crippen molar-refractivity contribution in [2.24, 2.45) is 0 Å². The van der Waals surface area contributed by atoms with Gasteiger partial charge in [0, 0.05) is 21.8 Å². The van der Waals surface area contributed by atoms with Crippen LogP contribution in [-0.2, 0) is 9.45 Å². The van der Waals surface area contributed by atoms with Gasteiger partial charge in [-0.1, -0.05) is 6.07 Å². The number of hydrogen-bond acceptors (Lipinski definition) is 7. The van der Waals surface area contributed by atoms with Crippen LogP contribution in [0.5, 0.6) is 5.75 Å². The number of nitrogens with zero attached hydrogens (tertiary/aromatic N) is 2. The quantitative estimate of drug-likeness (QED) is 0.528. The zero-order valence-corrected chi connectivity index (χ0v) is 14.7. The molecule has 1 heterocycles. The van der Waals surface area contributed by atoms with E-state index in [1.165, 1.54) is 0 Å². The number of methoxy groups -OCH3 is 1. The Morgan fingerprint density at radius 1 is 1.15 bits per heavy atom. The second-order valence-electron chi connectivity index (χ2n) is 5.92. The fourth-order valence-corrected chi connectivity index (χ4v) is 2.96. The zero-order valence-electron chi connectivity index (χ0n) is 14.7. The molecule has 0 atom stereocenters. The maximum absolute atomic E-state index is 10.6. The van der Waals surface area contributed by atoms with Gasteiger partial charge in [0.25, 0.3) is 6.47 Å². The third kappa shape index (κ3) is 3.06. The van der Waals surface area contributed by atoms with Crippen LogP contribution in [-0.4, -0.2) is 35.9 Å². The number of aryl methyl sites for hydroxylation is 2. The van der Waals surface area contributed by atoms with Gasteiger partial charge in [-0.05, 0) is 49.2 Å². The second-order valence-corrected chi connectivity index (χ2v) is 5.92. The highest BCUT2D eigenvalue weighted by Gasteiger charge is 2.23. The van der Waals surface area contributed by atoms with Crippen molar-refractivity contribution in [1.82, 2.24) is 10.2 Å². The van der Waals surface area contributed by atoms with E-state index in [0.717, 1.165) is 33.2 Å². The third-order valence-electron chi connectivity index (χ3n) is 4.34. The molecule has 26 heavy (non-hydrogen) atoms. The van der Waals surface area contributed by atoms with Crippen molar-refractivity contribution >= 4 is 35.6 Å². The highest BCUT2D eigenvalue weighted by molar-refractivity contribution is 6.61. The predicted octanol–water partition coefficient (Wildman–Crippen LogP) is 1.36. The van der Waals surface area contributed by atoms with E-state index in [-0.39, 0.29) is 6.47 Å². The molecule has 8 heteroatoms. The Labute approximate surface area is 150 Å². The molecule has 132 valence electrons. The molecule has 0 saturated heterocycles. The molecule has 3 N–H and O–H groups in total. The Hall–Kier alpha value is -3.13. The molecule has 0 unspecified atom stereocenters. The molecule has 1 aromatic heterocycles. The van der Waals surface area contributed by atoms with Gasteiger partial charge in [0.05, 0.1) is 12.8 Å². The van der Waals surface area contributed by atoms with Crippen LogP contribution in [0.4, 0.5) is 5.82 Å². The van der Waals surface area contributed by atoms with Crippen molar-refractivity contribution in [1.29, 1.82) is 0 Å². The lowest BCUT2D eigenvalue weighted by Gasteiger charge is -2.15. The lowest BCUT2D eigenvalue weighted by molar-refractivity contribution is -0.121. The monoisotopic (exact) mass is 351 g/mol. The summed E-state index contributed by atoms with van der Waals surface area (Å²) < 4.78 is 10.2. The summed E-state index contributed by atoms with van der Waals surface area (Å²) in [5.41, 5.74) is 9.49. The van der Waals surface area contributed by atoms with Gasteiger partial charge in [0.15, 0.2) is 5.82 Å². The van der Waals surface area contributed by atoms with Gasteiger partial charge in [0.1, 0.15) is 5.75 Å². The summed E-state index contributed by atoms with van der Waals surface area (Å²) in [5, 5.41) is 19.8. The highest BCUT2D eigenvalue weighted by Crippen LogP contribution is 2.33. The lowest BCUT2D eigenvalue weighted by atomic mass is 9.75. The molecule has 0 saturated carbocycles. The fraction of sp³-hybridized carbons (Fsp3) is 0.167. The van der Waals surface area contributed by atoms with E-state index >= 15 is 0 Å². The number of anilines is 1. The van der Waals surface area contributed by atoms with E-state index in [0.29, 0.717) is 17.0 Å². The minimum atomic E-state index is -1.35. The van der Waals surface area contributed by atoms with Crippen LogP contribution in [0.15, 0.2) is 30.3 Å². The van der Waals surface area contributed by atoms with Crippen molar-refractivity contribution < 1.29 is 19.2 Å². The first-order chi connectivity index (χ1) is 12.5. The maximum atomic E-state index is 10.6. The number of rotatable bonds is 5. The number of carbonyl (C=O) groups excluding carboxylic acids is 1. The highest BCUT2D eigenvalue weighted by atomic mass is 16.5. The third-order valence-corrected chi connectivity index (χ3v) is 4.34. The number of hydrogen-bond donors (Lipinski definition) is 2. The van der Waals surface area contributed by atoms with E-state index in [1.54, 1.807) is 26.2 Å². The minimum absolute atomic E-state index is 0.217. The summed E-state index contributed by atoms with van der Waals surface area (Å²) in [6, 6.07) is 9.25. The van der Waals surface area contributed by atoms with Crippen molar-refractivity contribution in [3.05, 3.63) is 41.6 Å². The summed E-state index contributed by atoms with van der Waals surface area (Å²) in [5.74, 6) is 1.00. The molecule has 0 amide bonds. The number of nitrogens with two attached hydrogens (primary N) is 1. The van der Waals surface area contributed by atoms with Gasteiger partial charge in [-0.3, -0.25) is 4.79 Å². The van der Waals surface area contributed by atoms with Gasteiger partial charge < -0.3 is 20.1 Å². The molecule has 3 rings (SSSR count). The predicted molar refractivity (Wildman–Crippen MR) is 100 cm³/mol. The van der Waals surface area contributed by atoms with Crippen LogP contribution in [0.1, 0.15) is 11.3 Å². The van der Waals surface area contributed by atoms with Crippen LogP contribution in [0, 0.1) is 13.8 Å². The van der Waals surface area contributed by atoms with Crippen LogP contribution in [0.3, 0.4) is 0 Å². The van der Waals surface area contributed by atoms with E-state index < -0.39 is 7.12 Å². The minimum Gasteiger partial charge on any atom is -0.508 e. The van der Waals surface area contributed by atoms with Gasteiger partial charge in [-0.2, -0.15) is 5.10 Å². The number of benzene rings is 2. The van der Waals surface area contributed by atoms with Crippen molar-refractivity contribution in [2.45, 2.75) is 13.8 Å². The standard InChI is InChI=1S/C18H18BN3O4/c1-10-6-17(25-3)15(8-16(10)19(24)26-9-23)12-4-5-13-14(7-12)11(2)21-22-18(13)20/h4-9,24H,1-3H3,(H2,20,22). The molecule has 0 spiro atoms. The molecular weight excluding hydrogens is 333 g/mol. The molecule has 0 aliphatic carbocycles. The second kappa shape index (κ2) is 7.01. The lowest BCUT2D eigenvalue weighted by Crippen LogP contribution is -2.35. The Kier molecular flexibility index (Phi) is 4.77. The van der Waals surface area contributed by atoms with Gasteiger partial charge in [-0.15, -0.1) is 5.10 Å². The topological polar surface area (TPSA) is 108 Å². The summed E-state index contributed by atoms with van der Waals surface area (Å²) >= 11 is 0. The van der Waals surface area contributed by atoms with Gasteiger partial charge >= 0.3 is 7.12 Å². The van der Waals surface area contributed by atoms with Crippen LogP contribution < -0.4 is 15.9 Å². The Bertz CT molecular complexity index is 994. The number of aromatic nitrogens is 2. The number of ether oxygens (including phenoxy) is 1. The SMILES string of the molecule is COc1cc(C)c(B(O)OC=O)cc1-c1ccc2c(N)nnc(C)c2c1. The average molecular weight is 351 g/mol. The molecule has 0 aliphatic heterocycles. The maximum Gasteiger partial charge on any atom is 0.562 e. The Morgan fingerprint density at radius 3 is 2.62 bits per heavy atom. The summed E-state index contributed by atoms with van der Waals surface area (Å²) in [7, 11) is 0.229. The normalized spacial score (nSPS) is 10.6. The molecule has 3 aromatic rings. The molecule has 0 bridgehead atoms. The van der Waals surface area contributed by atoms with Crippen LogP contribution in [0.25, 0.3) is 21.9 Å². The van der Waals surface area contributed by atoms with Crippen LogP contribution in [0.2, 0.25) is 0 Å². The molecule has 0 aliphatic rings. The van der Waals surface area contributed by atoms with Gasteiger partial charge in [-0.25, -0.2) is 0 Å². The summed E-state index contributed by atoms with van der Waals surface area (Å²) in [4.78, 5) is 10.6. The Morgan fingerprint density at radius 2 is 1.92 bits per heavy atom. The Balaban J connectivity index is 2.22. The average Bonchev–Trinajstić information content (AvgIpc) is 2.64. The first-order valence-electron chi connectivity index (χ1n) is 7.94. The number of fused-ring (bicyclic) bond motifs is 1. The number of carbonyl (C=O) groups is 1. The van der Waals surface area contributed by atoms with E-state index in [9.17, 15) is 9.82 Å². The van der Waals surface area contributed by atoms with Crippen LogP contribution >= 0.6 is 0 Å². The van der Waals surface area contributed by atoms with Crippen molar-refractivity contribution in [2.75, 3.05) is 12.8 Å². The van der Waals surface area contributed by atoms with Gasteiger partial charge in [0.2, 0.25) is 0 Å². The molecule has 0 radical (unpaired) electrons. The van der Waals surface area contributed by atoms with E-state index in [1.807, 2.05) is 25.1 Å². The molecule has 0 fully saturated rings. The summed E-state index contributed by atoms with van der Waals surface area (Å²) in [6.45, 7) is 3.88. The van der Waals surface area contributed by atoms with E-state index in [4.69, 9.17) is 10.5 Å². The van der Waals surface area contributed by atoms with Crippen molar-refractivity contribution in [3.8, 4) is 16.9 Å².